The van der Waals surface area contributed by atoms with E-state index in [2.05, 4.69) is 5.32 Å². The number of carbonyl (C=O) groups excluding carboxylic acids is 1. The van der Waals surface area contributed by atoms with Crippen molar-refractivity contribution in [2.45, 2.75) is 75.9 Å². The number of aliphatic carboxylic acids is 1. The second-order valence-electron chi connectivity index (χ2n) is 6.02. The zero-order valence-electron chi connectivity index (χ0n) is 12.0. The van der Waals surface area contributed by atoms with Crippen LogP contribution in [-0.2, 0) is 14.3 Å². The molecule has 1 unspecified atom stereocenters. The van der Waals surface area contributed by atoms with Crippen molar-refractivity contribution >= 4 is 11.9 Å². The molecule has 2 fully saturated rings. The average molecular weight is 283 g/mol. The minimum atomic E-state index is -1.03. The van der Waals surface area contributed by atoms with Gasteiger partial charge in [-0.2, -0.15) is 0 Å². The molecule has 1 atom stereocenters. The van der Waals surface area contributed by atoms with E-state index in [-0.39, 0.29) is 12.0 Å². The molecule has 2 aliphatic rings. The highest BCUT2D eigenvalue weighted by Crippen LogP contribution is 2.28. The number of hydrogen-bond donors (Lipinski definition) is 2. The Morgan fingerprint density at radius 3 is 2.50 bits per heavy atom. The van der Waals surface area contributed by atoms with E-state index in [1.54, 1.807) is 0 Å². The van der Waals surface area contributed by atoms with E-state index in [9.17, 15) is 14.7 Å². The lowest BCUT2D eigenvalue weighted by Crippen LogP contribution is -2.55. The minimum absolute atomic E-state index is 0.150. The Kier molecular flexibility index (Phi) is 5.40. The molecule has 1 amide bonds. The molecule has 1 aliphatic heterocycles. The lowest BCUT2D eigenvalue weighted by molar-refractivity contribution is -0.149. The van der Waals surface area contributed by atoms with Gasteiger partial charge in [0, 0.05) is 13.0 Å². The summed E-state index contributed by atoms with van der Waals surface area (Å²) in [5, 5.41) is 12.2. The van der Waals surface area contributed by atoms with Gasteiger partial charge in [0.25, 0.3) is 0 Å². The van der Waals surface area contributed by atoms with Crippen molar-refractivity contribution in [3.05, 3.63) is 0 Å². The monoisotopic (exact) mass is 283 g/mol. The second kappa shape index (κ2) is 7.07. The predicted octanol–water partition coefficient (Wildman–Crippen LogP) is 2.24. The number of carboxylic acids is 1. The Balaban J connectivity index is 1.80. The van der Waals surface area contributed by atoms with Crippen LogP contribution in [0.2, 0.25) is 0 Å². The summed E-state index contributed by atoms with van der Waals surface area (Å²) in [5.41, 5.74) is -1.03. The van der Waals surface area contributed by atoms with Gasteiger partial charge in [0.2, 0.25) is 5.91 Å². The third-order valence-corrected chi connectivity index (χ3v) is 4.46. The zero-order valence-corrected chi connectivity index (χ0v) is 12.0. The van der Waals surface area contributed by atoms with E-state index in [0.29, 0.717) is 25.7 Å². The maximum absolute atomic E-state index is 12.0. The van der Waals surface area contributed by atoms with E-state index < -0.39 is 11.5 Å². The minimum Gasteiger partial charge on any atom is -0.480 e. The molecule has 1 saturated carbocycles. The van der Waals surface area contributed by atoms with E-state index in [4.69, 9.17) is 4.74 Å². The van der Waals surface area contributed by atoms with Gasteiger partial charge in [-0.15, -0.1) is 0 Å². The molecule has 5 heteroatoms. The van der Waals surface area contributed by atoms with E-state index in [1.807, 2.05) is 0 Å². The Hall–Kier alpha value is -1.10. The van der Waals surface area contributed by atoms with Crippen LogP contribution in [0, 0.1) is 0 Å². The molecule has 2 N–H and O–H groups in total. The largest absolute Gasteiger partial charge is 0.480 e. The number of amides is 1. The van der Waals surface area contributed by atoms with Crippen molar-refractivity contribution in [3.8, 4) is 0 Å². The van der Waals surface area contributed by atoms with Gasteiger partial charge >= 0.3 is 5.97 Å². The molecular weight excluding hydrogens is 258 g/mol. The van der Waals surface area contributed by atoms with Crippen LogP contribution < -0.4 is 5.32 Å². The summed E-state index contributed by atoms with van der Waals surface area (Å²) in [6.45, 7) is 0.783. The van der Waals surface area contributed by atoms with Crippen LogP contribution in [0.5, 0.6) is 0 Å². The highest BCUT2D eigenvalue weighted by molar-refractivity contribution is 5.87. The van der Waals surface area contributed by atoms with Crippen molar-refractivity contribution in [2.24, 2.45) is 0 Å². The second-order valence-corrected chi connectivity index (χ2v) is 6.02. The molecule has 0 aromatic carbocycles. The Morgan fingerprint density at radius 1 is 1.15 bits per heavy atom. The lowest BCUT2D eigenvalue weighted by Gasteiger charge is -2.34. The van der Waals surface area contributed by atoms with Crippen molar-refractivity contribution in [1.82, 2.24) is 5.32 Å². The van der Waals surface area contributed by atoms with Crippen LogP contribution in [-0.4, -0.2) is 35.2 Å². The first-order valence-electron chi connectivity index (χ1n) is 7.78. The summed E-state index contributed by atoms with van der Waals surface area (Å²) >= 11 is 0. The van der Waals surface area contributed by atoms with Crippen LogP contribution in [0.4, 0.5) is 0 Å². The first-order chi connectivity index (χ1) is 9.62. The highest BCUT2D eigenvalue weighted by atomic mass is 16.5. The Bertz CT molecular complexity index is 344. The first-order valence-corrected chi connectivity index (χ1v) is 7.78. The van der Waals surface area contributed by atoms with Crippen molar-refractivity contribution in [1.29, 1.82) is 0 Å². The Labute approximate surface area is 120 Å². The van der Waals surface area contributed by atoms with E-state index >= 15 is 0 Å². The summed E-state index contributed by atoms with van der Waals surface area (Å²) in [5.74, 6) is -1.04. The Morgan fingerprint density at radius 2 is 1.90 bits per heavy atom. The van der Waals surface area contributed by atoms with E-state index in [1.165, 1.54) is 0 Å². The number of ether oxygens (including phenoxy) is 1. The van der Waals surface area contributed by atoms with Crippen LogP contribution in [0.3, 0.4) is 0 Å². The van der Waals surface area contributed by atoms with Crippen molar-refractivity contribution in [3.63, 3.8) is 0 Å². The number of hydrogen-bond acceptors (Lipinski definition) is 3. The van der Waals surface area contributed by atoms with Crippen LogP contribution >= 0.6 is 0 Å². The topological polar surface area (TPSA) is 75.6 Å². The lowest BCUT2D eigenvalue weighted by atomic mass is 9.81. The number of nitrogens with one attached hydrogen (secondary N) is 1. The quantitative estimate of drug-likeness (QED) is 0.811. The van der Waals surface area contributed by atoms with Gasteiger partial charge in [-0.05, 0) is 38.5 Å². The van der Waals surface area contributed by atoms with Gasteiger partial charge in [-0.25, -0.2) is 4.79 Å². The maximum Gasteiger partial charge on any atom is 0.329 e. The fourth-order valence-corrected chi connectivity index (χ4v) is 3.20. The molecule has 5 nitrogen and oxygen atoms in total. The molecule has 114 valence electrons. The molecular formula is C15H25NO4. The van der Waals surface area contributed by atoms with Crippen LogP contribution in [0.1, 0.15) is 64.2 Å². The maximum atomic E-state index is 12.0. The van der Waals surface area contributed by atoms with Gasteiger partial charge in [0.05, 0.1) is 6.10 Å². The number of carboxylic acid groups (broad SMARTS) is 1. The molecule has 20 heavy (non-hydrogen) atoms. The summed E-state index contributed by atoms with van der Waals surface area (Å²) in [6, 6.07) is 0. The summed E-state index contributed by atoms with van der Waals surface area (Å²) in [4.78, 5) is 23.5. The zero-order chi connectivity index (χ0) is 14.4. The van der Waals surface area contributed by atoms with Gasteiger partial charge in [0.1, 0.15) is 5.54 Å². The van der Waals surface area contributed by atoms with Crippen LogP contribution in [0.15, 0.2) is 0 Å². The predicted molar refractivity (Wildman–Crippen MR) is 74.4 cm³/mol. The van der Waals surface area contributed by atoms with E-state index in [0.717, 1.165) is 45.1 Å². The first kappa shape index (κ1) is 15.3. The normalized spacial score (nSPS) is 25.9. The summed E-state index contributed by atoms with van der Waals surface area (Å²) in [7, 11) is 0. The summed E-state index contributed by atoms with van der Waals surface area (Å²) < 4.78 is 5.59. The number of carbonyl (C=O) groups is 2. The molecule has 0 radical (unpaired) electrons. The van der Waals surface area contributed by atoms with Gasteiger partial charge < -0.3 is 15.2 Å². The molecule has 0 aromatic rings. The third kappa shape index (κ3) is 3.95. The standard InChI is InChI=1S/C15H25NO4/c17-13(8-7-12-6-2-5-11-20-12)16-15(14(18)19)9-3-1-4-10-15/h12H,1-11H2,(H,16,17)(H,18,19). The van der Waals surface area contributed by atoms with Gasteiger partial charge in [-0.1, -0.05) is 19.3 Å². The SMILES string of the molecule is O=C(CCC1CCCCO1)NC1(C(=O)O)CCCCC1. The number of rotatable bonds is 5. The molecule has 1 aliphatic carbocycles. The third-order valence-electron chi connectivity index (χ3n) is 4.46. The van der Waals surface area contributed by atoms with Gasteiger partial charge in [-0.3, -0.25) is 4.79 Å². The molecule has 0 bridgehead atoms. The van der Waals surface area contributed by atoms with Crippen LogP contribution in [0.25, 0.3) is 0 Å². The van der Waals surface area contributed by atoms with Crippen molar-refractivity contribution in [2.75, 3.05) is 6.61 Å². The van der Waals surface area contributed by atoms with Crippen molar-refractivity contribution < 1.29 is 19.4 Å². The molecule has 0 spiro atoms. The fourth-order valence-electron chi connectivity index (χ4n) is 3.20. The smallest absolute Gasteiger partial charge is 0.329 e. The summed E-state index contributed by atoms with van der Waals surface area (Å²) in [6.07, 6.45) is 8.40. The molecule has 0 aromatic heterocycles. The molecule has 2 rings (SSSR count). The average Bonchev–Trinajstić information content (AvgIpc) is 2.47. The van der Waals surface area contributed by atoms with Gasteiger partial charge in [0.15, 0.2) is 0 Å². The molecule has 1 heterocycles. The highest BCUT2D eigenvalue weighted by Gasteiger charge is 2.40. The molecule has 1 saturated heterocycles. The fraction of sp³-hybridized carbons (Fsp3) is 0.867.